The summed E-state index contributed by atoms with van der Waals surface area (Å²) in [6.45, 7) is 3.19. The molecule has 0 saturated heterocycles. The maximum atomic E-state index is 13.8. The SMILES string of the molecule is CCCNC(Cc1cc(Br)ccc1F)CC1CCC1. The summed E-state index contributed by atoms with van der Waals surface area (Å²) in [5.74, 6) is 0.768. The summed E-state index contributed by atoms with van der Waals surface area (Å²) in [5.41, 5.74) is 0.822. The van der Waals surface area contributed by atoms with Gasteiger partial charge in [0.1, 0.15) is 5.82 Å². The Balaban J connectivity index is 1.98. The summed E-state index contributed by atoms with van der Waals surface area (Å²) in [4.78, 5) is 0. The molecule has 2 rings (SSSR count). The second-order valence-electron chi connectivity index (χ2n) is 5.62. The first-order valence-electron chi connectivity index (χ1n) is 7.36. The van der Waals surface area contributed by atoms with Crippen LogP contribution in [0.3, 0.4) is 0 Å². The van der Waals surface area contributed by atoms with Crippen molar-refractivity contribution in [2.75, 3.05) is 6.54 Å². The predicted octanol–water partition coefficient (Wildman–Crippen LogP) is 4.69. The van der Waals surface area contributed by atoms with E-state index < -0.39 is 0 Å². The van der Waals surface area contributed by atoms with Crippen molar-refractivity contribution in [3.63, 3.8) is 0 Å². The molecular weight excluding hydrogens is 305 g/mol. The van der Waals surface area contributed by atoms with Crippen LogP contribution in [0.1, 0.15) is 44.6 Å². The summed E-state index contributed by atoms with van der Waals surface area (Å²) in [6, 6.07) is 5.64. The standard InChI is InChI=1S/C16H23BrFN/c1-2-8-19-15(9-12-4-3-5-12)11-13-10-14(17)6-7-16(13)18/h6-7,10,12,15,19H,2-5,8-9,11H2,1H3. The van der Waals surface area contributed by atoms with E-state index in [1.165, 1.54) is 25.7 Å². The molecule has 0 aromatic heterocycles. The Morgan fingerprint density at radius 3 is 2.84 bits per heavy atom. The molecule has 1 atom stereocenters. The Morgan fingerprint density at radius 2 is 2.21 bits per heavy atom. The molecule has 1 aliphatic rings. The molecule has 1 nitrogen and oxygen atoms in total. The van der Waals surface area contributed by atoms with Crippen LogP contribution in [-0.4, -0.2) is 12.6 Å². The van der Waals surface area contributed by atoms with Crippen LogP contribution in [0.15, 0.2) is 22.7 Å². The Bertz CT molecular complexity index is 404. The molecule has 19 heavy (non-hydrogen) atoms. The van der Waals surface area contributed by atoms with Crippen LogP contribution in [0.2, 0.25) is 0 Å². The van der Waals surface area contributed by atoms with Crippen molar-refractivity contribution in [3.05, 3.63) is 34.1 Å². The van der Waals surface area contributed by atoms with Crippen molar-refractivity contribution in [2.24, 2.45) is 5.92 Å². The van der Waals surface area contributed by atoms with E-state index in [2.05, 4.69) is 28.2 Å². The molecule has 0 amide bonds. The number of halogens is 2. The second-order valence-corrected chi connectivity index (χ2v) is 6.54. The lowest BCUT2D eigenvalue weighted by atomic mass is 9.80. The molecule has 1 N–H and O–H groups in total. The highest BCUT2D eigenvalue weighted by molar-refractivity contribution is 9.10. The molecule has 0 radical (unpaired) electrons. The van der Waals surface area contributed by atoms with E-state index in [0.717, 1.165) is 35.3 Å². The van der Waals surface area contributed by atoms with Gasteiger partial charge < -0.3 is 5.32 Å². The Morgan fingerprint density at radius 1 is 1.42 bits per heavy atom. The van der Waals surface area contributed by atoms with Crippen LogP contribution >= 0.6 is 15.9 Å². The van der Waals surface area contributed by atoms with E-state index in [9.17, 15) is 4.39 Å². The summed E-state index contributed by atoms with van der Waals surface area (Å²) < 4.78 is 14.8. The minimum atomic E-state index is -0.0832. The summed E-state index contributed by atoms with van der Waals surface area (Å²) in [7, 11) is 0. The molecule has 0 bridgehead atoms. The van der Waals surface area contributed by atoms with Crippen molar-refractivity contribution in [1.82, 2.24) is 5.32 Å². The molecule has 1 aliphatic carbocycles. The lowest BCUT2D eigenvalue weighted by molar-refractivity contribution is 0.258. The van der Waals surface area contributed by atoms with Gasteiger partial charge in [0.15, 0.2) is 0 Å². The lowest BCUT2D eigenvalue weighted by Gasteiger charge is -2.30. The predicted molar refractivity (Wildman–Crippen MR) is 81.8 cm³/mol. The van der Waals surface area contributed by atoms with Crippen molar-refractivity contribution in [2.45, 2.75) is 51.5 Å². The van der Waals surface area contributed by atoms with Crippen LogP contribution in [0.5, 0.6) is 0 Å². The molecule has 106 valence electrons. The molecule has 0 aliphatic heterocycles. The number of nitrogens with one attached hydrogen (secondary N) is 1. The van der Waals surface area contributed by atoms with E-state index in [4.69, 9.17) is 0 Å². The zero-order valence-corrected chi connectivity index (χ0v) is 13.2. The third-order valence-corrected chi connectivity index (χ3v) is 4.49. The van der Waals surface area contributed by atoms with E-state index in [0.29, 0.717) is 6.04 Å². The van der Waals surface area contributed by atoms with Gasteiger partial charge in [-0.3, -0.25) is 0 Å². The monoisotopic (exact) mass is 327 g/mol. The third-order valence-electron chi connectivity index (χ3n) is 4.00. The first-order valence-corrected chi connectivity index (χ1v) is 8.15. The van der Waals surface area contributed by atoms with E-state index in [1.807, 2.05) is 6.07 Å². The van der Waals surface area contributed by atoms with Crippen molar-refractivity contribution < 1.29 is 4.39 Å². The molecule has 1 aromatic rings. The number of hydrogen-bond acceptors (Lipinski definition) is 1. The number of benzene rings is 1. The second kappa shape index (κ2) is 7.39. The van der Waals surface area contributed by atoms with Gasteiger partial charge in [0, 0.05) is 10.5 Å². The maximum Gasteiger partial charge on any atom is 0.126 e. The molecule has 0 heterocycles. The largest absolute Gasteiger partial charge is 0.314 e. The Labute approximate surface area is 124 Å². The van der Waals surface area contributed by atoms with Gasteiger partial charge in [0.25, 0.3) is 0 Å². The van der Waals surface area contributed by atoms with Gasteiger partial charge in [-0.1, -0.05) is 42.1 Å². The molecule has 1 fully saturated rings. The van der Waals surface area contributed by atoms with Crippen LogP contribution in [-0.2, 0) is 6.42 Å². The van der Waals surface area contributed by atoms with Gasteiger partial charge in [-0.05, 0) is 55.5 Å². The van der Waals surface area contributed by atoms with Crippen LogP contribution < -0.4 is 5.32 Å². The zero-order chi connectivity index (χ0) is 13.7. The first-order chi connectivity index (χ1) is 9.19. The smallest absolute Gasteiger partial charge is 0.126 e. The normalized spacial score (nSPS) is 17.2. The highest BCUT2D eigenvalue weighted by atomic mass is 79.9. The number of rotatable bonds is 7. The average Bonchev–Trinajstić information content (AvgIpc) is 2.34. The highest BCUT2D eigenvalue weighted by Gasteiger charge is 2.22. The van der Waals surface area contributed by atoms with Gasteiger partial charge in [-0.15, -0.1) is 0 Å². The lowest BCUT2D eigenvalue weighted by Crippen LogP contribution is -2.35. The molecular formula is C16H23BrFN. The van der Waals surface area contributed by atoms with Gasteiger partial charge in [-0.25, -0.2) is 4.39 Å². The summed E-state index contributed by atoms with van der Waals surface area (Å²) in [6.07, 6.45) is 7.18. The third kappa shape index (κ3) is 4.57. The van der Waals surface area contributed by atoms with Crippen LogP contribution in [0.25, 0.3) is 0 Å². The van der Waals surface area contributed by atoms with Crippen LogP contribution in [0.4, 0.5) is 4.39 Å². The summed E-state index contributed by atoms with van der Waals surface area (Å²) >= 11 is 3.43. The fourth-order valence-electron chi connectivity index (χ4n) is 2.68. The molecule has 1 saturated carbocycles. The molecule has 1 unspecified atom stereocenters. The van der Waals surface area contributed by atoms with Gasteiger partial charge in [0.05, 0.1) is 0 Å². The van der Waals surface area contributed by atoms with Crippen molar-refractivity contribution >= 4 is 15.9 Å². The minimum Gasteiger partial charge on any atom is -0.314 e. The first kappa shape index (κ1) is 15.0. The van der Waals surface area contributed by atoms with Gasteiger partial charge in [0.2, 0.25) is 0 Å². The molecule has 3 heteroatoms. The van der Waals surface area contributed by atoms with E-state index >= 15 is 0 Å². The fraction of sp³-hybridized carbons (Fsp3) is 0.625. The minimum absolute atomic E-state index is 0.0832. The van der Waals surface area contributed by atoms with Gasteiger partial charge >= 0.3 is 0 Å². The van der Waals surface area contributed by atoms with Crippen molar-refractivity contribution in [1.29, 1.82) is 0 Å². The zero-order valence-electron chi connectivity index (χ0n) is 11.6. The molecule has 1 aromatic carbocycles. The maximum absolute atomic E-state index is 13.8. The summed E-state index contributed by atoms with van der Waals surface area (Å²) in [5, 5.41) is 3.58. The van der Waals surface area contributed by atoms with E-state index in [-0.39, 0.29) is 5.82 Å². The van der Waals surface area contributed by atoms with E-state index in [1.54, 1.807) is 12.1 Å². The van der Waals surface area contributed by atoms with Crippen molar-refractivity contribution in [3.8, 4) is 0 Å². The van der Waals surface area contributed by atoms with Gasteiger partial charge in [-0.2, -0.15) is 0 Å². The van der Waals surface area contributed by atoms with Crippen LogP contribution in [0, 0.1) is 11.7 Å². The Hall–Kier alpha value is -0.410. The topological polar surface area (TPSA) is 12.0 Å². The fourth-order valence-corrected chi connectivity index (χ4v) is 3.09. The number of hydrogen-bond donors (Lipinski definition) is 1. The molecule has 0 spiro atoms. The Kier molecular flexibility index (Phi) is 5.83. The highest BCUT2D eigenvalue weighted by Crippen LogP contribution is 2.31. The average molecular weight is 328 g/mol. The quantitative estimate of drug-likeness (QED) is 0.766.